The maximum atomic E-state index is 13.7. The maximum absolute atomic E-state index is 13.7. The first-order valence-corrected chi connectivity index (χ1v) is 13.7. The van der Waals surface area contributed by atoms with E-state index >= 15 is 0 Å². The third kappa shape index (κ3) is 5.12. The summed E-state index contributed by atoms with van der Waals surface area (Å²) in [6, 6.07) is 21.2. The second kappa shape index (κ2) is 10.9. The summed E-state index contributed by atoms with van der Waals surface area (Å²) >= 11 is 12.3. The van der Waals surface area contributed by atoms with Crippen LogP contribution in [-0.2, 0) is 6.42 Å². The van der Waals surface area contributed by atoms with E-state index in [1.54, 1.807) is 39.9 Å². The van der Waals surface area contributed by atoms with Crippen LogP contribution in [0.15, 0.2) is 72.8 Å². The number of piperazine rings is 1. The molecular formula is C30H25Cl2FN6O. The standard InChI is InChI=1S/C30H25Cl2FN6O/c1-19-27-28(37-13-15-38(16-14-37)30(40)24-12-7-21(31)18-25(24)32)34-26(17-20-5-3-2-4-6-20)35-29(27)39(36-19)23-10-8-22(33)9-11-23/h2-12,18H,13-17H2,1H3. The molecular weight excluding hydrogens is 550 g/mol. The van der Waals surface area contributed by atoms with Crippen LogP contribution in [0.25, 0.3) is 16.7 Å². The van der Waals surface area contributed by atoms with E-state index in [0.29, 0.717) is 65.4 Å². The summed E-state index contributed by atoms with van der Waals surface area (Å²) < 4.78 is 15.4. The Balaban J connectivity index is 1.35. The quantitative estimate of drug-likeness (QED) is 0.253. The summed E-state index contributed by atoms with van der Waals surface area (Å²) in [5.41, 5.74) is 3.67. The first kappa shape index (κ1) is 26.2. The predicted molar refractivity (Wildman–Crippen MR) is 155 cm³/mol. The molecule has 0 saturated carbocycles. The predicted octanol–water partition coefficient (Wildman–Crippen LogP) is 6.12. The molecule has 1 aliphatic heterocycles. The van der Waals surface area contributed by atoms with Gasteiger partial charge in [0.05, 0.1) is 27.4 Å². The summed E-state index contributed by atoms with van der Waals surface area (Å²) in [6.45, 7) is 4.09. The Labute approximate surface area is 240 Å². The van der Waals surface area contributed by atoms with Crippen LogP contribution in [0.4, 0.5) is 10.2 Å². The Bertz CT molecular complexity index is 1700. The molecule has 3 heterocycles. The van der Waals surface area contributed by atoms with Gasteiger partial charge in [-0.2, -0.15) is 5.10 Å². The van der Waals surface area contributed by atoms with E-state index in [2.05, 4.69) is 4.90 Å². The normalized spacial score (nSPS) is 13.7. The van der Waals surface area contributed by atoms with Gasteiger partial charge in [-0.25, -0.2) is 19.0 Å². The Morgan fingerprint density at radius 3 is 2.35 bits per heavy atom. The summed E-state index contributed by atoms with van der Waals surface area (Å²) in [4.78, 5) is 27.1. The average molecular weight is 575 g/mol. The van der Waals surface area contributed by atoms with Crippen LogP contribution in [0.1, 0.15) is 27.4 Å². The zero-order valence-corrected chi connectivity index (χ0v) is 23.2. The van der Waals surface area contributed by atoms with E-state index in [0.717, 1.165) is 22.5 Å². The number of carbonyl (C=O) groups is 1. The highest BCUT2D eigenvalue weighted by Gasteiger charge is 2.27. The monoisotopic (exact) mass is 574 g/mol. The van der Waals surface area contributed by atoms with Gasteiger partial charge in [-0.3, -0.25) is 4.79 Å². The smallest absolute Gasteiger partial charge is 0.255 e. The molecule has 7 nitrogen and oxygen atoms in total. The van der Waals surface area contributed by atoms with E-state index in [-0.39, 0.29) is 11.7 Å². The van der Waals surface area contributed by atoms with Crippen molar-refractivity contribution in [1.82, 2.24) is 24.6 Å². The lowest BCUT2D eigenvalue weighted by Gasteiger charge is -2.36. The van der Waals surface area contributed by atoms with E-state index in [1.807, 2.05) is 37.3 Å². The third-order valence-corrected chi connectivity index (χ3v) is 7.58. The van der Waals surface area contributed by atoms with Crippen molar-refractivity contribution in [3.05, 3.63) is 111 Å². The Hall–Kier alpha value is -4.01. The molecule has 6 rings (SSSR count). The molecule has 1 aliphatic rings. The molecule has 10 heteroatoms. The second-order valence-corrected chi connectivity index (χ2v) is 10.5. The van der Waals surface area contributed by atoms with Gasteiger partial charge in [0.2, 0.25) is 0 Å². The van der Waals surface area contributed by atoms with E-state index in [1.165, 1.54) is 12.1 Å². The Morgan fingerprint density at radius 2 is 1.65 bits per heavy atom. The van der Waals surface area contributed by atoms with Crippen LogP contribution < -0.4 is 4.90 Å². The summed E-state index contributed by atoms with van der Waals surface area (Å²) in [5.74, 6) is 0.991. The molecule has 5 aromatic rings. The number of amides is 1. The minimum absolute atomic E-state index is 0.126. The second-order valence-electron chi connectivity index (χ2n) is 9.70. The van der Waals surface area contributed by atoms with Crippen molar-refractivity contribution >= 4 is 46.0 Å². The molecule has 0 N–H and O–H groups in total. The molecule has 0 bridgehead atoms. The lowest BCUT2D eigenvalue weighted by molar-refractivity contribution is 0.0746. The molecule has 40 heavy (non-hydrogen) atoms. The number of aromatic nitrogens is 4. The molecule has 0 atom stereocenters. The zero-order valence-electron chi connectivity index (χ0n) is 21.7. The van der Waals surface area contributed by atoms with E-state index in [9.17, 15) is 9.18 Å². The van der Waals surface area contributed by atoms with Crippen molar-refractivity contribution in [1.29, 1.82) is 0 Å². The van der Waals surface area contributed by atoms with Gasteiger partial charge in [-0.1, -0.05) is 53.5 Å². The number of anilines is 1. The number of aryl methyl sites for hydroxylation is 1. The number of carbonyl (C=O) groups excluding carboxylic acids is 1. The van der Waals surface area contributed by atoms with Gasteiger partial charge in [0.25, 0.3) is 5.91 Å². The minimum Gasteiger partial charge on any atom is -0.352 e. The largest absolute Gasteiger partial charge is 0.352 e. The molecule has 202 valence electrons. The average Bonchev–Trinajstić information content (AvgIpc) is 3.29. The van der Waals surface area contributed by atoms with Crippen molar-refractivity contribution in [3.63, 3.8) is 0 Å². The number of nitrogens with zero attached hydrogens (tertiary/aromatic N) is 6. The molecule has 1 fully saturated rings. The first-order valence-electron chi connectivity index (χ1n) is 12.9. The maximum Gasteiger partial charge on any atom is 0.255 e. The van der Waals surface area contributed by atoms with Crippen LogP contribution in [0.2, 0.25) is 10.0 Å². The van der Waals surface area contributed by atoms with Crippen LogP contribution in [-0.4, -0.2) is 56.7 Å². The number of hydrogen-bond acceptors (Lipinski definition) is 5. The highest BCUT2D eigenvalue weighted by atomic mass is 35.5. The van der Waals surface area contributed by atoms with Crippen molar-refractivity contribution in [2.75, 3.05) is 31.1 Å². The van der Waals surface area contributed by atoms with Crippen molar-refractivity contribution in [2.24, 2.45) is 0 Å². The van der Waals surface area contributed by atoms with Crippen LogP contribution >= 0.6 is 23.2 Å². The third-order valence-electron chi connectivity index (χ3n) is 7.03. The first-order chi connectivity index (χ1) is 19.4. The Morgan fingerprint density at radius 1 is 0.925 bits per heavy atom. The fourth-order valence-electron chi connectivity index (χ4n) is 5.01. The van der Waals surface area contributed by atoms with Crippen molar-refractivity contribution < 1.29 is 9.18 Å². The fourth-order valence-corrected chi connectivity index (χ4v) is 5.50. The molecule has 1 amide bonds. The molecule has 0 radical (unpaired) electrons. The van der Waals surface area contributed by atoms with Crippen LogP contribution in [0.5, 0.6) is 0 Å². The van der Waals surface area contributed by atoms with Crippen LogP contribution in [0.3, 0.4) is 0 Å². The zero-order chi connectivity index (χ0) is 27.8. The van der Waals surface area contributed by atoms with Gasteiger partial charge in [-0.05, 0) is 55.0 Å². The van der Waals surface area contributed by atoms with Gasteiger partial charge in [0.15, 0.2) is 5.65 Å². The lowest BCUT2D eigenvalue weighted by Crippen LogP contribution is -2.49. The summed E-state index contributed by atoms with van der Waals surface area (Å²) in [7, 11) is 0. The number of rotatable bonds is 5. The molecule has 0 aliphatic carbocycles. The van der Waals surface area contributed by atoms with Gasteiger partial charge < -0.3 is 9.80 Å². The molecule has 0 spiro atoms. The van der Waals surface area contributed by atoms with Gasteiger partial charge >= 0.3 is 0 Å². The van der Waals surface area contributed by atoms with Crippen molar-refractivity contribution in [3.8, 4) is 5.69 Å². The number of hydrogen-bond donors (Lipinski definition) is 0. The summed E-state index contributed by atoms with van der Waals surface area (Å²) in [6.07, 6.45) is 0.547. The number of halogens is 3. The summed E-state index contributed by atoms with van der Waals surface area (Å²) in [5, 5.41) is 6.43. The van der Waals surface area contributed by atoms with E-state index < -0.39 is 0 Å². The van der Waals surface area contributed by atoms with Gasteiger partial charge in [-0.15, -0.1) is 0 Å². The topological polar surface area (TPSA) is 67.2 Å². The minimum atomic E-state index is -0.315. The lowest BCUT2D eigenvalue weighted by atomic mass is 10.1. The van der Waals surface area contributed by atoms with Gasteiger partial charge in [0.1, 0.15) is 17.5 Å². The highest BCUT2D eigenvalue weighted by molar-refractivity contribution is 6.36. The Kier molecular flexibility index (Phi) is 7.12. The SMILES string of the molecule is Cc1nn(-c2ccc(F)cc2)c2nc(Cc3ccccc3)nc(N3CCN(C(=O)c4ccc(Cl)cc4Cl)CC3)c12. The van der Waals surface area contributed by atoms with Crippen LogP contribution in [0, 0.1) is 12.7 Å². The van der Waals surface area contributed by atoms with Gasteiger partial charge in [0, 0.05) is 37.6 Å². The molecule has 3 aromatic carbocycles. The number of fused-ring (bicyclic) bond motifs is 1. The number of benzene rings is 3. The van der Waals surface area contributed by atoms with Crippen molar-refractivity contribution in [2.45, 2.75) is 13.3 Å². The molecule has 1 saturated heterocycles. The van der Waals surface area contributed by atoms with E-state index in [4.69, 9.17) is 38.3 Å². The fraction of sp³-hybridized carbons (Fsp3) is 0.200. The molecule has 0 unspecified atom stereocenters. The molecule has 2 aromatic heterocycles. The highest BCUT2D eigenvalue weighted by Crippen LogP contribution is 2.31.